The van der Waals surface area contributed by atoms with Crippen molar-refractivity contribution in [1.82, 2.24) is 10.2 Å². The van der Waals surface area contributed by atoms with Crippen LogP contribution in [0.1, 0.15) is 6.42 Å². The minimum absolute atomic E-state index is 0.118. The lowest BCUT2D eigenvalue weighted by Crippen LogP contribution is -1.96. The van der Waals surface area contributed by atoms with Crippen molar-refractivity contribution in [2.45, 2.75) is 11.4 Å². The third kappa shape index (κ3) is 3.96. The van der Waals surface area contributed by atoms with Crippen molar-refractivity contribution in [2.24, 2.45) is 0 Å². The van der Waals surface area contributed by atoms with Crippen LogP contribution in [0.15, 0.2) is 41.4 Å². The summed E-state index contributed by atoms with van der Waals surface area (Å²) in [7, 11) is 1.62. The normalized spacial score (nSPS) is 10.2. The topological polar surface area (TPSA) is 72.3 Å². The van der Waals surface area contributed by atoms with Gasteiger partial charge in [-0.05, 0) is 36.4 Å². The summed E-state index contributed by atoms with van der Waals surface area (Å²) in [6.45, 7) is 0. The fourth-order valence-corrected chi connectivity index (χ4v) is 2.30. The molecule has 2 aromatic rings. The molecule has 0 aliphatic heterocycles. The monoisotopic (exact) mass is 290 g/mol. The summed E-state index contributed by atoms with van der Waals surface area (Å²) >= 11 is 1.38. The van der Waals surface area contributed by atoms with Crippen LogP contribution in [0.3, 0.4) is 0 Å². The van der Waals surface area contributed by atoms with Gasteiger partial charge in [0.05, 0.1) is 19.2 Å². The Bertz CT molecular complexity index is 570. The van der Waals surface area contributed by atoms with E-state index in [2.05, 4.69) is 10.2 Å². The summed E-state index contributed by atoms with van der Waals surface area (Å²) in [6, 6.07) is 11.3. The van der Waals surface area contributed by atoms with E-state index in [9.17, 15) is 4.79 Å². The molecule has 0 aliphatic carbocycles. The van der Waals surface area contributed by atoms with Crippen LogP contribution >= 0.6 is 11.8 Å². The predicted molar refractivity (Wildman–Crippen MR) is 77.0 cm³/mol. The number of methoxy groups -OCH3 is 1. The molecule has 1 heterocycles. The lowest BCUT2D eigenvalue weighted by atomic mass is 10.1. The van der Waals surface area contributed by atoms with E-state index in [4.69, 9.17) is 9.84 Å². The zero-order valence-corrected chi connectivity index (χ0v) is 11.8. The second-order valence-corrected chi connectivity index (χ2v) is 5.09. The molecule has 1 aromatic carbocycles. The van der Waals surface area contributed by atoms with Gasteiger partial charge in [-0.2, -0.15) is 0 Å². The maximum absolute atomic E-state index is 10.4. The molecule has 0 unspecified atom stereocenters. The molecule has 0 saturated carbocycles. The van der Waals surface area contributed by atoms with Crippen LogP contribution in [0.2, 0.25) is 0 Å². The number of carbonyl (C=O) groups is 1. The first-order chi connectivity index (χ1) is 9.69. The van der Waals surface area contributed by atoms with Crippen molar-refractivity contribution >= 4 is 17.7 Å². The van der Waals surface area contributed by atoms with Crippen molar-refractivity contribution in [3.05, 3.63) is 36.4 Å². The number of hydrogen-bond donors (Lipinski definition) is 1. The standard InChI is InChI=1S/C14H14N2O3S/c1-19-11-4-2-10(3-5-11)12-6-7-13(16-15-12)20-9-8-14(17)18/h2-7H,8-9H2,1H3,(H,17,18). The minimum atomic E-state index is -0.805. The number of ether oxygens (including phenoxy) is 1. The number of hydrogen-bond acceptors (Lipinski definition) is 5. The van der Waals surface area contributed by atoms with Crippen LogP contribution in [0.25, 0.3) is 11.3 Å². The number of thioether (sulfide) groups is 1. The summed E-state index contributed by atoms with van der Waals surface area (Å²) in [5, 5.41) is 17.5. The Kier molecular flexibility index (Phi) is 4.95. The summed E-state index contributed by atoms with van der Waals surface area (Å²) in [5.74, 6) is 0.481. The Hall–Kier alpha value is -2.08. The smallest absolute Gasteiger partial charge is 0.304 e. The molecule has 5 nitrogen and oxygen atoms in total. The van der Waals surface area contributed by atoms with Crippen LogP contribution in [0.4, 0.5) is 0 Å². The number of carboxylic acid groups (broad SMARTS) is 1. The van der Waals surface area contributed by atoms with Crippen LogP contribution in [0.5, 0.6) is 5.75 Å². The molecular weight excluding hydrogens is 276 g/mol. The number of aliphatic carboxylic acids is 1. The molecule has 0 spiro atoms. The zero-order chi connectivity index (χ0) is 14.4. The van der Waals surface area contributed by atoms with Crippen LogP contribution in [-0.4, -0.2) is 34.1 Å². The quantitative estimate of drug-likeness (QED) is 0.825. The highest BCUT2D eigenvalue weighted by Gasteiger charge is 2.03. The molecule has 0 amide bonds. The second kappa shape index (κ2) is 6.91. The van der Waals surface area contributed by atoms with Crippen molar-refractivity contribution in [3.8, 4) is 17.0 Å². The fourth-order valence-electron chi connectivity index (χ4n) is 1.56. The van der Waals surface area contributed by atoms with Gasteiger partial charge in [-0.15, -0.1) is 22.0 Å². The SMILES string of the molecule is COc1ccc(-c2ccc(SCCC(=O)O)nn2)cc1. The molecule has 0 fully saturated rings. The van der Waals surface area contributed by atoms with Gasteiger partial charge in [-0.3, -0.25) is 4.79 Å². The minimum Gasteiger partial charge on any atom is -0.497 e. The molecule has 2 rings (SSSR count). The summed E-state index contributed by atoms with van der Waals surface area (Å²) in [5.41, 5.74) is 1.73. The number of benzene rings is 1. The largest absolute Gasteiger partial charge is 0.497 e. The third-order valence-corrected chi connectivity index (χ3v) is 3.51. The van der Waals surface area contributed by atoms with Crippen molar-refractivity contribution in [1.29, 1.82) is 0 Å². The van der Waals surface area contributed by atoms with E-state index < -0.39 is 5.97 Å². The Labute approximate surface area is 121 Å². The Morgan fingerprint density at radius 2 is 1.95 bits per heavy atom. The van der Waals surface area contributed by atoms with Gasteiger partial charge in [0.1, 0.15) is 10.8 Å². The molecule has 0 aliphatic rings. The number of nitrogens with zero attached hydrogens (tertiary/aromatic N) is 2. The molecule has 6 heteroatoms. The lowest BCUT2D eigenvalue weighted by Gasteiger charge is -2.03. The molecule has 0 saturated heterocycles. The highest BCUT2D eigenvalue weighted by atomic mass is 32.2. The summed E-state index contributed by atoms with van der Waals surface area (Å²) in [6.07, 6.45) is 0.118. The van der Waals surface area contributed by atoms with Gasteiger partial charge in [0.25, 0.3) is 0 Å². The van der Waals surface area contributed by atoms with Gasteiger partial charge in [0.2, 0.25) is 0 Å². The molecule has 0 bridgehead atoms. The predicted octanol–water partition coefficient (Wildman–Crippen LogP) is 2.72. The first kappa shape index (κ1) is 14.3. The van der Waals surface area contributed by atoms with Crippen LogP contribution in [-0.2, 0) is 4.79 Å². The van der Waals surface area contributed by atoms with E-state index >= 15 is 0 Å². The average Bonchev–Trinajstić information content (AvgIpc) is 2.48. The second-order valence-electron chi connectivity index (χ2n) is 3.98. The Morgan fingerprint density at radius 1 is 1.20 bits per heavy atom. The van der Waals surface area contributed by atoms with E-state index in [1.54, 1.807) is 7.11 Å². The van der Waals surface area contributed by atoms with Gasteiger partial charge in [-0.1, -0.05) is 0 Å². The van der Waals surface area contributed by atoms with Crippen molar-refractivity contribution in [2.75, 3.05) is 12.9 Å². The van der Waals surface area contributed by atoms with Crippen molar-refractivity contribution < 1.29 is 14.6 Å². The highest BCUT2D eigenvalue weighted by Crippen LogP contribution is 2.22. The molecule has 20 heavy (non-hydrogen) atoms. The Morgan fingerprint density at radius 3 is 2.50 bits per heavy atom. The fraction of sp³-hybridized carbons (Fsp3) is 0.214. The number of rotatable bonds is 6. The van der Waals surface area contributed by atoms with Gasteiger partial charge in [0.15, 0.2) is 0 Å². The summed E-state index contributed by atoms with van der Waals surface area (Å²) < 4.78 is 5.10. The van der Waals surface area contributed by atoms with Gasteiger partial charge in [0, 0.05) is 11.3 Å². The molecule has 1 aromatic heterocycles. The first-order valence-electron chi connectivity index (χ1n) is 6.02. The average molecular weight is 290 g/mol. The van der Waals surface area contributed by atoms with E-state index in [1.165, 1.54) is 11.8 Å². The first-order valence-corrected chi connectivity index (χ1v) is 7.00. The van der Waals surface area contributed by atoms with Gasteiger partial charge in [-0.25, -0.2) is 0 Å². The molecule has 1 N–H and O–H groups in total. The molecule has 104 valence electrons. The highest BCUT2D eigenvalue weighted by molar-refractivity contribution is 7.99. The van der Waals surface area contributed by atoms with E-state index in [0.29, 0.717) is 5.75 Å². The Balaban J connectivity index is 2.01. The van der Waals surface area contributed by atoms with Gasteiger partial charge >= 0.3 is 5.97 Å². The molecule has 0 radical (unpaired) electrons. The third-order valence-electron chi connectivity index (χ3n) is 2.59. The lowest BCUT2D eigenvalue weighted by molar-refractivity contribution is -0.136. The number of aromatic nitrogens is 2. The van der Waals surface area contributed by atoms with Crippen LogP contribution < -0.4 is 4.74 Å². The summed E-state index contributed by atoms with van der Waals surface area (Å²) in [4.78, 5) is 10.4. The number of carboxylic acids is 1. The van der Waals surface area contributed by atoms with E-state index in [0.717, 1.165) is 22.0 Å². The van der Waals surface area contributed by atoms with Crippen LogP contribution in [0, 0.1) is 0 Å². The van der Waals surface area contributed by atoms with E-state index in [-0.39, 0.29) is 6.42 Å². The maximum atomic E-state index is 10.4. The van der Waals surface area contributed by atoms with Crippen molar-refractivity contribution in [3.63, 3.8) is 0 Å². The van der Waals surface area contributed by atoms with Gasteiger partial charge < -0.3 is 9.84 Å². The maximum Gasteiger partial charge on any atom is 0.304 e. The molecular formula is C14H14N2O3S. The molecule has 0 atom stereocenters. The zero-order valence-electron chi connectivity index (χ0n) is 10.9. The van der Waals surface area contributed by atoms with E-state index in [1.807, 2.05) is 36.4 Å².